The highest BCUT2D eigenvalue weighted by molar-refractivity contribution is 5.47. The minimum absolute atomic E-state index is 0.543. The summed E-state index contributed by atoms with van der Waals surface area (Å²) in [6, 6.07) is 4.76. The molecule has 1 aromatic rings. The number of anilines is 1. The van der Waals surface area contributed by atoms with Crippen molar-refractivity contribution in [2.45, 2.75) is 59.5 Å². The monoisotopic (exact) mass is 263 g/mol. The molecule has 3 heteroatoms. The number of pyridine rings is 1. The molecule has 1 unspecified atom stereocenters. The molecule has 1 heterocycles. The highest BCUT2D eigenvalue weighted by atomic mass is 15.2. The molecule has 0 bridgehead atoms. The molecule has 0 aliphatic carbocycles. The van der Waals surface area contributed by atoms with Crippen LogP contribution in [0.15, 0.2) is 18.3 Å². The summed E-state index contributed by atoms with van der Waals surface area (Å²) in [6.45, 7) is 11.9. The summed E-state index contributed by atoms with van der Waals surface area (Å²) >= 11 is 0. The van der Waals surface area contributed by atoms with Crippen LogP contribution in [0.2, 0.25) is 0 Å². The van der Waals surface area contributed by atoms with Crippen molar-refractivity contribution in [1.82, 2.24) is 10.3 Å². The summed E-state index contributed by atoms with van der Waals surface area (Å²) in [6.07, 6.45) is 5.51. The van der Waals surface area contributed by atoms with Crippen LogP contribution in [0.5, 0.6) is 0 Å². The van der Waals surface area contributed by atoms with Gasteiger partial charge in [0.2, 0.25) is 0 Å². The zero-order valence-electron chi connectivity index (χ0n) is 12.9. The van der Waals surface area contributed by atoms with Crippen molar-refractivity contribution in [3.63, 3.8) is 0 Å². The van der Waals surface area contributed by atoms with E-state index in [2.05, 4.69) is 49.0 Å². The van der Waals surface area contributed by atoms with Crippen LogP contribution in [0, 0.1) is 0 Å². The van der Waals surface area contributed by atoms with Crippen LogP contribution in [0.1, 0.15) is 52.5 Å². The lowest BCUT2D eigenvalue weighted by atomic mass is 10.1. The average Bonchev–Trinajstić information content (AvgIpc) is 2.46. The molecule has 0 fully saturated rings. The third kappa shape index (κ3) is 4.83. The number of nitrogens with one attached hydrogen (secondary N) is 1. The molecule has 0 saturated carbocycles. The summed E-state index contributed by atoms with van der Waals surface area (Å²) in [7, 11) is 0. The lowest BCUT2D eigenvalue weighted by molar-refractivity contribution is 0.584. The molecule has 3 nitrogen and oxygen atoms in total. The summed E-state index contributed by atoms with van der Waals surface area (Å²) in [4.78, 5) is 7.11. The first-order valence-corrected chi connectivity index (χ1v) is 7.65. The summed E-state index contributed by atoms with van der Waals surface area (Å²) in [5.74, 6) is 1.16. The Bertz CT molecular complexity index is 352. The van der Waals surface area contributed by atoms with Gasteiger partial charge in [-0.2, -0.15) is 0 Å². The van der Waals surface area contributed by atoms with Crippen molar-refractivity contribution in [2.24, 2.45) is 0 Å². The van der Waals surface area contributed by atoms with Gasteiger partial charge in [-0.25, -0.2) is 4.98 Å². The molecule has 0 aliphatic heterocycles. The van der Waals surface area contributed by atoms with Gasteiger partial charge in [0, 0.05) is 30.9 Å². The van der Waals surface area contributed by atoms with Crippen molar-refractivity contribution in [1.29, 1.82) is 0 Å². The molecule has 19 heavy (non-hydrogen) atoms. The molecule has 1 aromatic heterocycles. The lowest BCUT2D eigenvalue weighted by Crippen LogP contribution is -2.35. The number of hydrogen-bond donors (Lipinski definition) is 1. The molecule has 0 saturated heterocycles. The Morgan fingerprint density at radius 1 is 1.32 bits per heavy atom. The first-order valence-electron chi connectivity index (χ1n) is 7.65. The van der Waals surface area contributed by atoms with Gasteiger partial charge in [-0.3, -0.25) is 0 Å². The molecule has 1 rings (SSSR count). The van der Waals surface area contributed by atoms with Gasteiger partial charge in [0.15, 0.2) is 0 Å². The lowest BCUT2D eigenvalue weighted by Gasteiger charge is -2.31. The van der Waals surface area contributed by atoms with E-state index in [0.717, 1.165) is 31.9 Å². The fourth-order valence-corrected chi connectivity index (χ4v) is 2.17. The van der Waals surface area contributed by atoms with Gasteiger partial charge in [-0.15, -0.1) is 0 Å². The highest BCUT2D eigenvalue weighted by Crippen LogP contribution is 2.21. The number of nitrogens with zero attached hydrogens (tertiary/aromatic N) is 2. The van der Waals surface area contributed by atoms with Gasteiger partial charge >= 0.3 is 0 Å². The van der Waals surface area contributed by atoms with Gasteiger partial charge in [0.1, 0.15) is 5.82 Å². The molecule has 0 radical (unpaired) electrons. The molecule has 0 aliphatic rings. The van der Waals surface area contributed by atoms with Gasteiger partial charge in [-0.05, 0) is 32.4 Å². The predicted octanol–water partition coefficient (Wildman–Crippen LogP) is 3.60. The Labute approximate surface area is 118 Å². The Morgan fingerprint density at radius 3 is 2.74 bits per heavy atom. The molecular formula is C16H29N3. The number of rotatable bonds is 9. The van der Waals surface area contributed by atoms with Crippen LogP contribution in [-0.4, -0.2) is 24.1 Å². The minimum Gasteiger partial charge on any atom is -0.354 e. The quantitative estimate of drug-likeness (QED) is 0.738. The number of aromatic nitrogens is 1. The molecule has 108 valence electrons. The second-order valence-electron chi connectivity index (χ2n) is 5.07. The zero-order chi connectivity index (χ0) is 14.1. The second-order valence-corrected chi connectivity index (χ2v) is 5.07. The van der Waals surface area contributed by atoms with Crippen LogP contribution in [0.25, 0.3) is 0 Å². The van der Waals surface area contributed by atoms with E-state index in [1.807, 2.05) is 12.3 Å². The predicted molar refractivity (Wildman–Crippen MR) is 83.6 cm³/mol. The Hall–Kier alpha value is -1.09. The molecule has 0 amide bonds. The Morgan fingerprint density at radius 2 is 2.11 bits per heavy atom. The maximum absolute atomic E-state index is 4.64. The van der Waals surface area contributed by atoms with Crippen molar-refractivity contribution in [3.05, 3.63) is 23.9 Å². The molecule has 0 spiro atoms. The van der Waals surface area contributed by atoms with Gasteiger partial charge in [0.05, 0.1) is 0 Å². The van der Waals surface area contributed by atoms with Crippen molar-refractivity contribution in [3.8, 4) is 0 Å². The minimum atomic E-state index is 0.543. The highest BCUT2D eigenvalue weighted by Gasteiger charge is 2.16. The van der Waals surface area contributed by atoms with Crippen LogP contribution >= 0.6 is 0 Å². The smallest absolute Gasteiger partial charge is 0.133 e. The van der Waals surface area contributed by atoms with E-state index < -0.39 is 0 Å². The van der Waals surface area contributed by atoms with E-state index in [9.17, 15) is 0 Å². The first-order chi connectivity index (χ1) is 9.24. The summed E-state index contributed by atoms with van der Waals surface area (Å²) in [5, 5.41) is 3.41. The summed E-state index contributed by atoms with van der Waals surface area (Å²) < 4.78 is 0. The van der Waals surface area contributed by atoms with Crippen molar-refractivity contribution in [2.75, 3.05) is 18.0 Å². The van der Waals surface area contributed by atoms with Crippen LogP contribution in [0.3, 0.4) is 0 Å². The normalized spacial score (nSPS) is 12.4. The van der Waals surface area contributed by atoms with Gasteiger partial charge in [0.25, 0.3) is 0 Å². The van der Waals surface area contributed by atoms with Crippen LogP contribution in [-0.2, 0) is 6.54 Å². The summed E-state index contributed by atoms with van der Waals surface area (Å²) in [5.41, 5.74) is 1.31. The molecule has 0 aromatic carbocycles. The zero-order valence-corrected chi connectivity index (χ0v) is 12.9. The Balaban J connectivity index is 2.92. The number of hydrogen-bond acceptors (Lipinski definition) is 3. The van der Waals surface area contributed by atoms with E-state index in [1.54, 1.807) is 0 Å². The third-order valence-electron chi connectivity index (χ3n) is 3.58. The van der Waals surface area contributed by atoms with Gasteiger partial charge < -0.3 is 10.2 Å². The van der Waals surface area contributed by atoms with E-state index >= 15 is 0 Å². The first kappa shape index (κ1) is 16.0. The number of unbranched alkanes of at least 4 members (excludes halogenated alkanes) is 1. The van der Waals surface area contributed by atoms with Crippen LogP contribution in [0.4, 0.5) is 5.82 Å². The van der Waals surface area contributed by atoms with E-state index in [-0.39, 0.29) is 0 Å². The van der Waals surface area contributed by atoms with Gasteiger partial charge in [-0.1, -0.05) is 33.3 Å². The third-order valence-corrected chi connectivity index (χ3v) is 3.58. The Kier molecular flexibility index (Phi) is 7.49. The van der Waals surface area contributed by atoms with E-state index in [0.29, 0.717) is 6.04 Å². The fourth-order valence-electron chi connectivity index (χ4n) is 2.17. The average molecular weight is 263 g/mol. The fraction of sp³-hybridized carbons (Fsp3) is 0.688. The van der Waals surface area contributed by atoms with Crippen molar-refractivity contribution >= 4 is 5.82 Å². The SMILES string of the molecule is CCCCN(c1ncccc1CNCC)C(C)CC. The second kappa shape index (κ2) is 8.92. The van der Waals surface area contributed by atoms with Crippen LogP contribution < -0.4 is 10.2 Å². The van der Waals surface area contributed by atoms with E-state index in [1.165, 1.54) is 18.4 Å². The molecular weight excluding hydrogens is 234 g/mol. The van der Waals surface area contributed by atoms with Crippen molar-refractivity contribution < 1.29 is 0 Å². The largest absolute Gasteiger partial charge is 0.354 e. The maximum Gasteiger partial charge on any atom is 0.133 e. The standard InChI is InChI=1S/C16H29N3/c1-5-8-12-19(14(4)6-2)16-15(13-17-7-3)10-9-11-18-16/h9-11,14,17H,5-8,12-13H2,1-4H3. The topological polar surface area (TPSA) is 28.2 Å². The molecule has 1 atom stereocenters. The van der Waals surface area contributed by atoms with E-state index in [4.69, 9.17) is 0 Å². The maximum atomic E-state index is 4.64. The molecule has 1 N–H and O–H groups in total.